The van der Waals surface area contributed by atoms with Crippen molar-refractivity contribution in [2.24, 2.45) is 5.73 Å². The van der Waals surface area contributed by atoms with Gasteiger partial charge in [-0.2, -0.15) is 4.98 Å². The van der Waals surface area contributed by atoms with Crippen molar-refractivity contribution in [3.8, 4) is 5.88 Å². The predicted molar refractivity (Wildman–Crippen MR) is 80.3 cm³/mol. The summed E-state index contributed by atoms with van der Waals surface area (Å²) in [6, 6.07) is 8.01. The number of amides is 1. The van der Waals surface area contributed by atoms with Crippen molar-refractivity contribution in [2.45, 2.75) is 13.0 Å². The number of hydrogen-bond acceptors (Lipinski definition) is 5. The Balaban J connectivity index is 2.13. The molecular weight excluding hydrogens is 292 g/mol. The summed E-state index contributed by atoms with van der Waals surface area (Å²) in [6.07, 6.45) is 0. The lowest BCUT2D eigenvalue weighted by Gasteiger charge is -2.12. The van der Waals surface area contributed by atoms with Gasteiger partial charge in [-0.1, -0.05) is 41.4 Å². The van der Waals surface area contributed by atoms with E-state index in [0.29, 0.717) is 5.56 Å². The fraction of sp³-hybridized carbons (Fsp3) is 0.214. The van der Waals surface area contributed by atoms with Crippen LogP contribution in [0.1, 0.15) is 17.2 Å². The zero-order chi connectivity index (χ0) is 15.4. The van der Waals surface area contributed by atoms with Crippen molar-refractivity contribution in [1.29, 1.82) is 0 Å². The quantitative estimate of drug-likeness (QED) is 0.844. The number of rotatable bonds is 4. The van der Waals surface area contributed by atoms with Gasteiger partial charge in [0.05, 0.1) is 7.11 Å². The molecule has 0 aliphatic carbocycles. The highest BCUT2D eigenvalue weighted by molar-refractivity contribution is 6.29. The SMILES string of the molecule is COc1cc(Cl)nc(NC(=O)C(N)c2ccc(C)cc2)n1. The summed E-state index contributed by atoms with van der Waals surface area (Å²) in [4.78, 5) is 20.0. The van der Waals surface area contributed by atoms with Crippen LogP contribution < -0.4 is 15.8 Å². The lowest BCUT2D eigenvalue weighted by molar-refractivity contribution is -0.117. The number of halogens is 1. The molecule has 0 bridgehead atoms. The van der Waals surface area contributed by atoms with Crippen molar-refractivity contribution in [3.63, 3.8) is 0 Å². The number of carbonyl (C=O) groups excluding carboxylic acids is 1. The molecule has 0 saturated carbocycles. The Morgan fingerprint density at radius 3 is 2.62 bits per heavy atom. The Bertz CT molecular complexity index is 646. The van der Waals surface area contributed by atoms with Crippen LogP contribution in [0.3, 0.4) is 0 Å². The first-order chi connectivity index (χ1) is 9.99. The second kappa shape index (κ2) is 6.51. The summed E-state index contributed by atoms with van der Waals surface area (Å²) >= 11 is 5.81. The van der Waals surface area contributed by atoms with E-state index in [4.69, 9.17) is 22.1 Å². The Labute approximate surface area is 127 Å². The first-order valence-electron chi connectivity index (χ1n) is 6.21. The highest BCUT2D eigenvalue weighted by Gasteiger charge is 2.17. The van der Waals surface area contributed by atoms with E-state index in [0.717, 1.165) is 5.56 Å². The van der Waals surface area contributed by atoms with Crippen LogP contribution in [0.4, 0.5) is 5.95 Å². The third-order valence-electron chi connectivity index (χ3n) is 2.83. The van der Waals surface area contributed by atoms with Gasteiger partial charge in [-0.3, -0.25) is 10.1 Å². The number of aromatic nitrogens is 2. The minimum atomic E-state index is -0.820. The summed E-state index contributed by atoms with van der Waals surface area (Å²) in [6.45, 7) is 1.96. The van der Waals surface area contributed by atoms with E-state index in [1.54, 1.807) is 12.1 Å². The zero-order valence-electron chi connectivity index (χ0n) is 11.6. The number of methoxy groups -OCH3 is 1. The molecule has 1 atom stereocenters. The number of anilines is 1. The molecule has 0 spiro atoms. The molecule has 1 amide bonds. The molecular formula is C14H15ClN4O2. The van der Waals surface area contributed by atoms with E-state index in [1.165, 1.54) is 13.2 Å². The molecule has 0 fully saturated rings. The average Bonchev–Trinajstić information content (AvgIpc) is 2.46. The highest BCUT2D eigenvalue weighted by Crippen LogP contribution is 2.17. The average molecular weight is 307 g/mol. The smallest absolute Gasteiger partial charge is 0.248 e. The van der Waals surface area contributed by atoms with Gasteiger partial charge in [0.15, 0.2) is 0 Å². The Morgan fingerprint density at radius 1 is 1.33 bits per heavy atom. The van der Waals surface area contributed by atoms with E-state index in [1.807, 2.05) is 19.1 Å². The third-order valence-corrected chi connectivity index (χ3v) is 3.03. The maximum atomic E-state index is 12.1. The molecule has 0 aliphatic rings. The molecule has 1 heterocycles. The van der Waals surface area contributed by atoms with Crippen LogP contribution in [-0.4, -0.2) is 23.0 Å². The minimum absolute atomic E-state index is 0.0481. The van der Waals surface area contributed by atoms with Gasteiger partial charge in [0, 0.05) is 6.07 Å². The Kier molecular flexibility index (Phi) is 4.72. The first-order valence-corrected chi connectivity index (χ1v) is 6.59. The van der Waals surface area contributed by atoms with Gasteiger partial charge in [-0.05, 0) is 12.5 Å². The fourth-order valence-corrected chi connectivity index (χ4v) is 1.84. The molecule has 1 aromatic heterocycles. The normalized spacial score (nSPS) is 11.8. The summed E-state index contributed by atoms with van der Waals surface area (Å²) in [5.41, 5.74) is 7.71. The molecule has 0 saturated heterocycles. The van der Waals surface area contributed by atoms with Gasteiger partial charge < -0.3 is 10.5 Å². The standard InChI is InChI=1S/C14H15ClN4O2/c1-8-3-5-9(6-4-8)12(16)13(20)19-14-17-10(15)7-11(18-14)21-2/h3-7,12H,16H2,1-2H3,(H,17,18,19,20). The molecule has 3 N–H and O–H groups in total. The van der Waals surface area contributed by atoms with Gasteiger partial charge in [0.2, 0.25) is 17.7 Å². The molecule has 110 valence electrons. The maximum Gasteiger partial charge on any atom is 0.248 e. The van der Waals surface area contributed by atoms with Gasteiger partial charge >= 0.3 is 0 Å². The van der Waals surface area contributed by atoms with E-state index in [2.05, 4.69) is 15.3 Å². The monoisotopic (exact) mass is 306 g/mol. The Morgan fingerprint density at radius 2 is 2.00 bits per heavy atom. The van der Waals surface area contributed by atoms with Crippen molar-refractivity contribution >= 4 is 23.5 Å². The molecule has 2 aromatic rings. The van der Waals surface area contributed by atoms with Gasteiger partial charge in [0.25, 0.3) is 0 Å². The van der Waals surface area contributed by atoms with Crippen molar-refractivity contribution in [3.05, 3.63) is 46.6 Å². The van der Waals surface area contributed by atoms with Crippen LogP contribution in [0.2, 0.25) is 5.15 Å². The molecule has 1 aromatic carbocycles. The molecule has 21 heavy (non-hydrogen) atoms. The van der Waals surface area contributed by atoms with Gasteiger partial charge in [-0.25, -0.2) is 4.98 Å². The fourth-order valence-electron chi connectivity index (χ4n) is 1.67. The van der Waals surface area contributed by atoms with E-state index in [9.17, 15) is 4.79 Å². The number of ether oxygens (including phenoxy) is 1. The lowest BCUT2D eigenvalue weighted by atomic mass is 10.1. The van der Waals surface area contributed by atoms with Gasteiger partial charge in [-0.15, -0.1) is 0 Å². The van der Waals surface area contributed by atoms with Gasteiger partial charge in [0.1, 0.15) is 11.2 Å². The van der Waals surface area contributed by atoms with E-state index < -0.39 is 11.9 Å². The highest BCUT2D eigenvalue weighted by atomic mass is 35.5. The predicted octanol–water partition coefficient (Wildman–Crippen LogP) is 2.09. The van der Waals surface area contributed by atoms with E-state index in [-0.39, 0.29) is 17.0 Å². The topological polar surface area (TPSA) is 90.1 Å². The molecule has 7 heteroatoms. The van der Waals surface area contributed by atoms with Crippen molar-refractivity contribution in [1.82, 2.24) is 9.97 Å². The van der Waals surface area contributed by atoms with Crippen LogP contribution in [0.25, 0.3) is 0 Å². The Hall–Kier alpha value is -2.18. The van der Waals surface area contributed by atoms with Crippen molar-refractivity contribution < 1.29 is 9.53 Å². The third kappa shape index (κ3) is 3.90. The molecule has 2 rings (SSSR count). The van der Waals surface area contributed by atoms with Crippen LogP contribution >= 0.6 is 11.6 Å². The van der Waals surface area contributed by atoms with Crippen molar-refractivity contribution in [2.75, 3.05) is 12.4 Å². The van der Waals surface area contributed by atoms with Crippen LogP contribution in [-0.2, 0) is 4.79 Å². The second-order valence-corrected chi connectivity index (χ2v) is 4.82. The largest absolute Gasteiger partial charge is 0.481 e. The van der Waals surface area contributed by atoms with Crippen LogP contribution in [0.5, 0.6) is 5.88 Å². The number of hydrogen-bond donors (Lipinski definition) is 2. The summed E-state index contributed by atoms with van der Waals surface area (Å²) in [5.74, 6) is -0.121. The summed E-state index contributed by atoms with van der Waals surface area (Å²) < 4.78 is 4.96. The lowest BCUT2D eigenvalue weighted by Crippen LogP contribution is -2.28. The number of nitrogens with one attached hydrogen (secondary N) is 1. The van der Waals surface area contributed by atoms with E-state index >= 15 is 0 Å². The molecule has 0 radical (unpaired) electrons. The number of aryl methyl sites for hydroxylation is 1. The molecule has 6 nitrogen and oxygen atoms in total. The summed E-state index contributed by atoms with van der Waals surface area (Å²) in [7, 11) is 1.45. The maximum absolute atomic E-state index is 12.1. The number of nitrogens with zero attached hydrogens (tertiary/aromatic N) is 2. The number of benzene rings is 1. The van der Waals surface area contributed by atoms with Crippen LogP contribution in [0.15, 0.2) is 30.3 Å². The summed E-state index contributed by atoms with van der Waals surface area (Å²) in [5, 5.41) is 2.69. The number of nitrogens with two attached hydrogens (primary N) is 1. The minimum Gasteiger partial charge on any atom is -0.481 e. The number of carbonyl (C=O) groups is 1. The zero-order valence-corrected chi connectivity index (χ0v) is 12.4. The molecule has 1 unspecified atom stereocenters. The molecule has 0 aliphatic heterocycles. The first kappa shape index (κ1) is 15.2. The second-order valence-electron chi connectivity index (χ2n) is 4.43. The van der Waals surface area contributed by atoms with Crippen LogP contribution in [0, 0.1) is 6.92 Å².